The number of allylic oxidation sites excluding steroid dienone is 1. The quantitative estimate of drug-likeness (QED) is 0.181. The lowest BCUT2D eigenvalue weighted by atomic mass is 9.89. The number of ketones is 2. The number of carbonyl (C=O) groups excluding carboxylic acids is 2. The van der Waals surface area contributed by atoms with Crippen LogP contribution in [0, 0.1) is 11.7 Å². The number of halogens is 5. The number of carbonyl (C=O) groups is 2. The number of rotatable bonds is 9. The van der Waals surface area contributed by atoms with Gasteiger partial charge in [0.1, 0.15) is 17.3 Å². The smallest absolute Gasteiger partial charge is 0.406 e. The van der Waals surface area contributed by atoms with Gasteiger partial charge < -0.3 is 9.64 Å². The maximum Gasteiger partial charge on any atom is 0.573 e. The number of alkyl halides is 3. The van der Waals surface area contributed by atoms with Gasteiger partial charge in [0.05, 0.1) is 17.8 Å². The van der Waals surface area contributed by atoms with Crippen LogP contribution in [-0.4, -0.2) is 51.9 Å². The maximum atomic E-state index is 14.4. The standard InChI is InChI=1S/C23H19ClF4N4O3/c1-31(2)11-10-21(33)17(12-16-18(24)4-3-5-19(16)25)22(34)20-13-32(30-29-20)14-6-8-15(9-7-14)35-23(26,27)28/h3-11,13,17H,12H2,1-2H3. The SMILES string of the molecule is CN(C)C=CC(=O)C(Cc1c(F)cccc1Cl)C(=O)c1cn(-c2ccc(OC(F)(F)F)cc2)nn1. The first-order chi connectivity index (χ1) is 16.4. The molecule has 0 amide bonds. The molecule has 0 aliphatic carbocycles. The Balaban J connectivity index is 1.88. The monoisotopic (exact) mass is 510 g/mol. The Kier molecular flexibility index (Phi) is 7.90. The fourth-order valence-corrected chi connectivity index (χ4v) is 3.31. The van der Waals surface area contributed by atoms with Crippen LogP contribution in [0.2, 0.25) is 5.02 Å². The second kappa shape index (κ2) is 10.7. The molecule has 1 heterocycles. The number of benzene rings is 2. The highest BCUT2D eigenvalue weighted by atomic mass is 35.5. The van der Waals surface area contributed by atoms with Gasteiger partial charge in [0, 0.05) is 30.9 Å². The van der Waals surface area contributed by atoms with E-state index in [1.54, 1.807) is 19.0 Å². The second-order valence-corrected chi connectivity index (χ2v) is 8.00. The van der Waals surface area contributed by atoms with E-state index >= 15 is 0 Å². The van der Waals surface area contributed by atoms with Crippen LogP contribution in [0.5, 0.6) is 5.75 Å². The van der Waals surface area contributed by atoms with Crippen molar-refractivity contribution in [2.45, 2.75) is 12.8 Å². The zero-order valence-electron chi connectivity index (χ0n) is 18.5. The van der Waals surface area contributed by atoms with Crippen LogP contribution in [0.3, 0.4) is 0 Å². The van der Waals surface area contributed by atoms with Crippen molar-refractivity contribution in [3.05, 3.63) is 83.0 Å². The Labute approximate surface area is 202 Å². The molecule has 0 spiro atoms. The summed E-state index contributed by atoms with van der Waals surface area (Å²) in [6.45, 7) is 0. The highest BCUT2D eigenvalue weighted by molar-refractivity contribution is 6.31. The molecule has 1 aromatic heterocycles. The van der Waals surface area contributed by atoms with Crippen molar-refractivity contribution in [2.75, 3.05) is 14.1 Å². The molecule has 184 valence electrons. The fraction of sp³-hybridized carbons (Fsp3) is 0.217. The average molecular weight is 511 g/mol. The van der Waals surface area contributed by atoms with Gasteiger partial charge in [0.2, 0.25) is 0 Å². The fourth-order valence-electron chi connectivity index (χ4n) is 3.07. The van der Waals surface area contributed by atoms with Crippen LogP contribution >= 0.6 is 11.6 Å². The molecule has 35 heavy (non-hydrogen) atoms. The molecule has 0 radical (unpaired) electrons. The van der Waals surface area contributed by atoms with Crippen molar-refractivity contribution in [1.29, 1.82) is 0 Å². The number of hydrogen-bond acceptors (Lipinski definition) is 6. The zero-order valence-corrected chi connectivity index (χ0v) is 19.2. The Bertz CT molecular complexity index is 1220. The van der Waals surface area contributed by atoms with E-state index in [0.717, 1.165) is 16.8 Å². The lowest BCUT2D eigenvalue weighted by Gasteiger charge is -2.14. The Morgan fingerprint density at radius 2 is 1.86 bits per heavy atom. The molecule has 2 aromatic carbocycles. The molecule has 0 fully saturated rings. The van der Waals surface area contributed by atoms with Crippen molar-refractivity contribution in [1.82, 2.24) is 19.9 Å². The van der Waals surface area contributed by atoms with Crippen molar-refractivity contribution in [3.8, 4) is 11.4 Å². The third-order valence-electron chi connectivity index (χ3n) is 4.75. The Morgan fingerprint density at radius 3 is 2.46 bits per heavy atom. The lowest BCUT2D eigenvalue weighted by molar-refractivity contribution is -0.274. The molecule has 0 aliphatic rings. The van der Waals surface area contributed by atoms with E-state index in [1.165, 1.54) is 48.8 Å². The van der Waals surface area contributed by atoms with E-state index in [1.807, 2.05) is 0 Å². The van der Waals surface area contributed by atoms with Crippen LogP contribution < -0.4 is 4.74 Å². The summed E-state index contributed by atoms with van der Waals surface area (Å²) in [5.41, 5.74) is 0.107. The molecule has 0 aliphatic heterocycles. The van der Waals surface area contributed by atoms with Crippen molar-refractivity contribution in [2.24, 2.45) is 5.92 Å². The second-order valence-electron chi connectivity index (χ2n) is 7.59. The molecule has 0 bridgehead atoms. The topological polar surface area (TPSA) is 77.3 Å². The van der Waals surface area contributed by atoms with Gasteiger partial charge in [-0.3, -0.25) is 9.59 Å². The number of hydrogen-bond donors (Lipinski definition) is 0. The minimum Gasteiger partial charge on any atom is -0.406 e. The summed E-state index contributed by atoms with van der Waals surface area (Å²) in [5.74, 6) is -3.75. The third-order valence-corrected chi connectivity index (χ3v) is 5.10. The van der Waals surface area contributed by atoms with Crippen LogP contribution in [-0.2, 0) is 11.2 Å². The highest BCUT2D eigenvalue weighted by Crippen LogP contribution is 2.26. The summed E-state index contributed by atoms with van der Waals surface area (Å²) < 4.78 is 56.4. The first-order valence-electron chi connectivity index (χ1n) is 10.1. The molecule has 1 unspecified atom stereocenters. The number of nitrogens with zero attached hydrogens (tertiary/aromatic N) is 4. The van der Waals surface area contributed by atoms with Crippen molar-refractivity contribution < 1.29 is 31.9 Å². The molecule has 0 N–H and O–H groups in total. The summed E-state index contributed by atoms with van der Waals surface area (Å²) in [6, 6.07) is 8.74. The number of aromatic nitrogens is 3. The van der Waals surface area contributed by atoms with E-state index < -0.39 is 35.4 Å². The predicted molar refractivity (Wildman–Crippen MR) is 119 cm³/mol. The maximum absolute atomic E-state index is 14.4. The van der Waals surface area contributed by atoms with Gasteiger partial charge in [-0.25, -0.2) is 9.07 Å². The van der Waals surface area contributed by atoms with E-state index in [0.29, 0.717) is 5.69 Å². The summed E-state index contributed by atoms with van der Waals surface area (Å²) in [6.07, 6.45) is -1.27. The summed E-state index contributed by atoms with van der Waals surface area (Å²) in [4.78, 5) is 27.7. The molecule has 3 aromatic rings. The van der Waals surface area contributed by atoms with Crippen molar-refractivity contribution in [3.63, 3.8) is 0 Å². The summed E-state index contributed by atoms with van der Waals surface area (Å²) in [7, 11) is 3.37. The minimum absolute atomic E-state index is 0.00626. The average Bonchev–Trinajstić information content (AvgIpc) is 3.27. The molecule has 0 saturated carbocycles. The zero-order chi connectivity index (χ0) is 25.8. The molecular weight excluding hydrogens is 492 g/mol. The first kappa shape index (κ1) is 25.9. The van der Waals surface area contributed by atoms with Crippen LogP contribution in [0.15, 0.2) is 60.9 Å². The highest BCUT2D eigenvalue weighted by Gasteiger charge is 2.32. The first-order valence-corrected chi connectivity index (χ1v) is 10.5. The van der Waals surface area contributed by atoms with Gasteiger partial charge in [-0.1, -0.05) is 22.9 Å². The van der Waals surface area contributed by atoms with E-state index in [-0.39, 0.29) is 22.7 Å². The molecule has 3 rings (SSSR count). The van der Waals surface area contributed by atoms with Crippen molar-refractivity contribution >= 4 is 23.2 Å². The minimum atomic E-state index is -4.84. The third kappa shape index (κ3) is 6.89. The lowest BCUT2D eigenvalue weighted by Crippen LogP contribution is -2.26. The predicted octanol–water partition coefficient (Wildman–Crippen LogP) is 4.64. The molecule has 0 saturated heterocycles. The Morgan fingerprint density at radius 1 is 1.17 bits per heavy atom. The van der Waals surface area contributed by atoms with Gasteiger partial charge in [-0.05, 0) is 48.9 Å². The van der Waals surface area contributed by atoms with Gasteiger partial charge >= 0.3 is 6.36 Å². The molecule has 1 atom stereocenters. The van der Waals surface area contributed by atoms with E-state index in [4.69, 9.17) is 11.6 Å². The van der Waals surface area contributed by atoms with Gasteiger partial charge in [-0.15, -0.1) is 18.3 Å². The Hall–Kier alpha value is -3.73. The van der Waals surface area contributed by atoms with Crippen LogP contribution in [0.25, 0.3) is 5.69 Å². The van der Waals surface area contributed by atoms with Gasteiger partial charge in [0.15, 0.2) is 11.6 Å². The molecule has 12 heteroatoms. The van der Waals surface area contributed by atoms with E-state index in [9.17, 15) is 27.2 Å². The molecule has 7 nitrogen and oxygen atoms in total. The van der Waals surface area contributed by atoms with Gasteiger partial charge in [-0.2, -0.15) is 0 Å². The molecular formula is C23H19ClF4N4O3. The number of Topliss-reactive ketones (excluding diaryl/α,β-unsaturated/α-hetero) is 1. The largest absolute Gasteiger partial charge is 0.573 e. The normalized spacial score (nSPS) is 12.5. The van der Waals surface area contributed by atoms with Crippen LogP contribution in [0.1, 0.15) is 16.1 Å². The summed E-state index contributed by atoms with van der Waals surface area (Å²) in [5, 5.41) is 7.68. The number of ether oxygens (including phenoxy) is 1. The van der Waals surface area contributed by atoms with Gasteiger partial charge in [0.25, 0.3) is 0 Å². The summed E-state index contributed by atoms with van der Waals surface area (Å²) >= 11 is 6.09. The van der Waals surface area contributed by atoms with E-state index in [2.05, 4.69) is 15.0 Å². The van der Waals surface area contributed by atoms with Crippen LogP contribution in [0.4, 0.5) is 17.6 Å².